The van der Waals surface area contributed by atoms with Crippen molar-refractivity contribution in [3.8, 4) is 0 Å². The predicted octanol–water partition coefficient (Wildman–Crippen LogP) is 2.55. The molecule has 2 aromatic rings. The number of urea groups is 1. The monoisotopic (exact) mass is 316 g/mol. The van der Waals surface area contributed by atoms with Gasteiger partial charge in [-0.15, -0.1) is 0 Å². The second-order valence-corrected chi connectivity index (χ2v) is 5.93. The highest BCUT2D eigenvalue weighted by Gasteiger charge is 2.18. The van der Waals surface area contributed by atoms with E-state index in [9.17, 15) is 9.90 Å². The number of nitrogens with one attached hydrogen (secondary N) is 1. The van der Waals surface area contributed by atoms with Gasteiger partial charge in [-0.05, 0) is 44.5 Å². The maximum absolute atomic E-state index is 12.4. The molecular weight excluding hydrogens is 292 g/mol. The van der Waals surface area contributed by atoms with Crippen molar-refractivity contribution >= 4 is 11.7 Å². The highest BCUT2D eigenvalue weighted by Crippen LogP contribution is 2.13. The van der Waals surface area contributed by atoms with Gasteiger partial charge in [-0.1, -0.05) is 12.1 Å². The van der Waals surface area contributed by atoms with E-state index in [2.05, 4.69) is 10.4 Å². The molecule has 2 rings (SSSR count). The van der Waals surface area contributed by atoms with Gasteiger partial charge in [-0.3, -0.25) is 4.68 Å². The fraction of sp³-hybridized carbons (Fsp3) is 0.412. The lowest BCUT2D eigenvalue weighted by atomic mass is 10.2. The Balaban J connectivity index is 2.05. The van der Waals surface area contributed by atoms with Gasteiger partial charge in [0.15, 0.2) is 0 Å². The van der Waals surface area contributed by atoms with Crippen molar-refractivity contribution in [2.45, 2.75) is 39.5 Å². The van der Waals surface area contributed by atoms with E-state index in [-0.39, 0.29) is 12.1 Å². The molecular formula is C17H24N4O2. The molecule has 1 heterocycles. The molecule has 0 saturated carbocycles. The third-order valence-electron chi connectivity index (χ3n) is 3.43. The third kappa shape index (κ3) is 5.10. The lowest BCUT2D eigenvalue weighted by Crippen LogP contribution is -2.43. The van der Waals surface area contributed by atoms with Crippen LogP contribution < -0.4 is 5.32 Å². The van der Waals surface area contributed by atoms with Crippen LogP contribution in [0.25, 0.3) is 0 Å². The Labute approximate surface area is 136 Å². The highest BCUT2D eigenvalue weighted by molar-refractivity contribution is 5.89. The molecule has 6 heteroatoms. The van der Waals surface area contributed by atoms with Gasteiger partial charge in [0.05, 0.1) is 12.6 Å². The maximum Gasteiger partial charge on any atom is 0.322 e. The highest BCUT2D eigenvalue weighted by atomic mass is 16.3. The fourth-order valence-corrected chi connectivity index (χ4v) is 2.34. The van der Waals surface area contributed by atoms with Gasteiger partial charge in [0.25, 0.3) is 0 Å². The Morgan fingerprint density at radius 1 is 1.35 bits per heavy atom. The minimum absolute atomic E-state index is 0.0110. The molecule has 6 nitrogen and oxygen atoms in total. The first-order valence-corrected chi connectivity index (χ1v) is 7.77. The molecule has 0 radical (unpaired) electrons. The van der Waals surface area contributed by atoms with Crippen LogP contribution in [0.4, 0.5) is 10.5 Å². The molecule has 1 aromatic carbocycles. The number of aromatic nitrogens is 2. The smallest absolute Gasteiger partial charge is 0.322 e. The van der Waals surface area contributed by atoms with E-state index in [0.29, 0.717) is 13.1 Å². The van der Waals surface area contributed by atoms with Gasteiger partial charge in [0.2, 0.25) is 0 Å². The quantitative estimate of drug-likeness (QED) is 0.860. The molecule has 0 aliphatic rings. The van der Waals surface area contributed by atoms with Gasteiger partial charge < -0.3 is 15.3 Å². The number of carbonyl (C=O) groups is 1. The summed E-state index contributed by atoms with van der Waals surface area (Å²) in [5.74, 6) is 0. The minimum Gasteiger partial charge on any atom is -0.392 e. The molecule has 0 aliphatic carbocycles. The van der Waals surface area contributed by atoms with E-state index in [1.165, 1.54) is 0 Å². The molecule has 0 fully saturated rings. The minimum atomic E-state index is -0.561. The zero-order chi connectivity index (χ0) is 16.8. The number of hydrogen-bond acceptors (Lipinski definition) is 3. The van der Waals surface area contributed by atoms with E-state index in [4.69, 9.17) is 0 Å². The Morgan fingerprint density at radius 2 is 2.13 bits per heavy atom. The first-order valence-electron chi connectivity index (χ1n) is 7.77. The van der Waals surface area contributed by atoms with E-state index in [0.717, 1.165) is 11.3 Å². The molecule has 1 aromatic heterocycles. The average molecular weight is 316 g/mol. The largest absolute Gasteiger partial charge is 0.392 e. The summed E-state index contributed by atoms with van der Waals surface area (Å²) in [5.41, 5.74) is 1.79. The van der Waals surface area contributed by atoms with Gasteiger partial charge in [-0.25, -0.2) is 4.79 Å². The third-order valence-corrected chi connectivity index (χ3v) is 3.43. The summed E-state index contributed by atoms with van der Waals surface area (Å²) in [6.07, 6.45) is 3.07. The zero-order valence-corrected chi connectivity index (χ0v) is 13.8. The number of rotatable bonds is 6. The number of nitrogens with zero attached hydrogens (tertiary/aromatic N) is 3. The standard InChI is InChI=1S/C17H24N4O2/c1-13(2)21(11-14(3)22)17(23)19-16-7-4-6-15(10-16)12-20-9-5-8-18-20/h4-10,13-14,22H,11-12H2,1-3H3,(H,19,23). The average Bonchev–Trinajstić information content (AvgIpc) is 2.97. The van der Waals surface area contributed by atoms with E-state index in [1.54, 1.807) is 18.0 Å². The van der Waals surface area contributed by atoms with Crippen LogP contribution in [-0.4, -0.2) is 44.5 Å². The Bertz CT molecular complexity index is 623. The van der Waals surface area contributed by atoms with Crippen LogP contribution >= 0.6 is 0 Å². The van der Waals surface area contributed by atoms with Crippen molar-refractivity contribution in [2.75, 3.05) is 11.9 Å². The summed E-state index contributed by atoms with van der Waals surface area (Å²) in [7, 11) is 0. The second kappa shape index (κ2) is 7.78. The number of aliphatic hydroxyl groups is 1. The molecule has 23 heavy (non-hydrogen) atoms. The van der Waals surface area contributed by atoms with Gasteiger partial charge in [-0.2, -0.15) is 5.10 Å². The molecule has 0 spiro atoms. The lowest BCUT2D eigenvalue weighted by Gasteiger charge is -2.28. The van der Waals surface area contributed by atoms with Crippen molar-refractivity contribution in [3.63, 3.8) is 0 Å². The van der Waals surface area contributed by atoms with Crippen LogP contribution in [0.2, 0.25) is 0 Å². The maximum atomic E-state index is 12.4. The van der Waals surface area contributed by atoms with Crippen LogP contribution in [0.5, 0.6) is 0 Å². The summed E-state index contributed by atoms with van der Waals surface area (Å²) >= 11 is 0. The van der Waals surface area contributed by atoms with E-state index >= 15 is 0 Å². The summed E-state index contributed by atoms with van der Waals surface area (Å²) in [6, 6.07) is 9.36. The Hall–Kier alpha value is -2.34. The van der Waals surface area contributed by atoms with Gasteiger partial charge in [0, 0.05) is 30.7 Å². The summed E-state index contributed by atoms with van der Waals surface area (Å²) < 4.78 is 1.83. The number of carbonyl (C=O) groups excluding carboxylic acids is 1. The Kier molecular flexibility index (Phi) is 5.76. The molecule has 0 saturated heterocycles. The van der Waals surface area contributed by atoms with Crippen molar-refractivity contribution in [1.82, 2.24) is 14.7 Å². The molecule has 2 N–H and O–H groups in total. The normalized spacial score (nSPS) is 12.2. The summed E-state index contributed by atoms with van der Waals surface area (Å²) in [6.45, 7) is 6.48. The number of benzene rings is 1. The van der Waals surface area contributed by atoms with Gasteiger partial charge >= 0.3 is 6.03 Å². The number of aliphatic hydroxyl groups excluding tert-OH is 1. The topological polar surface area (TPSA) is 70.4 Å². The first kappa shape index (κ1) is 17.0. The lowest BCUT2D eigenvalue weighted by molar-refractivity contribution is 0.125. The van der Waals surface area contributed by atoms with Crippen molar-refractivity contribution in [3.05, 3.63) is 48.3 Å². The molecule has 1 unspecified atom stereocenters. The van der Waals surface area contributed by atoms with E-state index < -0.39 is 6.10 Å². The summed E-state index contributed by atoms with van der Waals surface area (Å²) in [5, 5.41) is 16.6. The Morgan fingerprint density at radius 3 is 2.74 bits per heavy atom. The summed E-state index contributed by atoms with van der Waals surface area (Å²) in [4.78, 5) is 14.0. The fourth-order valence-electron chi connectivity index (χ4n) is 2.34. The zero-order valence-electron chi connectivity index (χ0n) is 13.8. The van der Waals surface area contributed by atoms with Crippen molar-refractivity contribution < 1.29 is 9.90 Å². The van der Waals surface area contributed by atoms with Crippen LogP contribution in [-0.2, 0) is 6.54 Å². The molecule has 124 valence electrons. The van der Waals surface area contributed by atoms with Crippen LogP contribution in [0.1, 0.15) is 26.3 Å². The van der Waals surface area contributed by atoms with E-state index in [1.807, 2.05) is 55.1 Å². The predicted molar refractivity (Wildman–Crippen MR) is 90.3 cm³/mol. The van der Waals surface area contributed by atoms with Crippen LogP contribution in [0, 0.1) is 0 Å². The van der Waals surface area contributed by atoms with Gasteiger partial charge in [0.1, 0.15) is 0 Å². The number of anilines is 1. The molecule has 1 atom stereocenters. The van der Waals surface area contributed by atoms with Crippen molar-refractivity contribution in [2.24, 2.45) is 0 Å². The van der Waals surface area contributed by atoms with Crippen LogP contribution in [0.15, 0.2) is 42.7 Å². The molecule has 0 bridgehead atoms. The molecule has 0 aliphatic heterocycles. The number of hydrogen-bond donors (Lipinski definition) is 2. The number of amides is 2. The second-order valence-electron chi connectivity index (χ2n) is 5.93. The van der Waals surface area contributed by atoms with Crippen molar-refractivity contribution in [1.29, 1.82) is 0 Å². The molecule has 2 amide bonds. The SMILES string of the molecule is CC(O)CN(C(=O)Nc1cccc(Cn2cccn2)c1)C(C)C. The van der Waals surface area contributed by atoms with Crippen LogP contribution in [0.3, 0.4) is 0 Å². The first-order chi connectivity index (χ1) is 11.0.